The second-order valence-corrected chi connectivity index (χ2v) is 6.61. The summed E-state index contributed by atoms with van der Waals surface area (Å²) in [4.78, 5) is 18.4. The molecule has 7 heteroatoms. The molecule has 0 saturated carbocycles. The van der Waals surface area contributed by atoms with Gasteiger partial charge in [-0.15, -0.1) is 11.3 Å². The number of nitrogens with zero attached hydrogens (tertiary/aromatic N) is 1. The fourth-order valence-corrected chi connectivity index (χ4v) is 3.01. The van der Waals surface area contributed by atoms with Crippen LogP contribution in [0.1, 0.15) is 16.9 Å². The van der Waals surface area contributed by atoms with E-state index in [0.717, 1.165) is 10.4 Å². The third-order valence-corrected chi connectivity index (χ3v) is 4.85. The Bertz CT molecular complexity index is 716. The molecule has 1 N–H and O–H groups in total. The summed E-state index contributed by atoms with van der Waals surface area (Å²) in [6, 6.07) is 9.15. The Morgan fingerprint density at radius 2 is 2.23 bits per heavy atom. The van der Waals surface area contributed by atoms with Crippen molar-refractivity contribution in [2.45, 2.75) is 19.1 Å². The topological polar surface area (TPSA) is 50.7 Å². The van der Waals surface area contributed by atoms with Crippen LogP contribution in [0.4, 0.5) is 0 Å². The zero-order valence-electron chi connectivity index (χ0n) is 11.4. The number of amides is 1. The highest BCUT2D eigenvalue weighted by atomic mass is 35.5. The maximum Gasteiger partial charge on any atom is 0.264 e. The van der Waals surface area contributed by atoms with Gasteiger partial charge in [0.15, 0.2) is 0 Å². The first-order valence-electron chi connectivity index (χ1n) is 6.61. The molecular formula is C15H12Cl2N2O2S. The second kappa shape index (κ2) is 6.69. The smallest absolute Gasteiger partial charge is 0.264 e. The van der Waals surface area contributed by atoms with E-state index in [4.69, 9.17) is 28.0 Å². The summed E-state index contributed by atoms with van der Waals surface area (Å²) in [6.07, 6.45) is -0.196. The Balaban J connectivity index is 1.58. The van der Waals surface area contributed by atoms with E-state index in [1.165, 1.54) is 0 Å². The minimum atomic E-state index is -0.607. The first-order valence-corrected chi connectivity index (χ1v) is 8.25. The van der Waals surface area contributed by atoms with Crippen LogP contribution in [0, 0.1) is 0 Å². The summed E-state index contributed by atoms with van der Waals surface area (Å²) < 4.78 is 0. The molecule has 0 fully saturated rings. The molecule has 2 aromatic rings. The third kappa shape index (κ3) is 3.43. The fraction of sp³-hybridized carbons (Fsp3) is 0.200. The number of thiophene rings is 1. The van der Waals surface area contributed by atoms with Gasteiger partial charge in [-0.25, -0.2) is 0 Å². The van der Waals surface area contributed by atoms with Gasteiger partial charge in [-0.3, -0.25) is 4.79 Å². The van der Waals surface area contributed by atoms with Crippen molar-refractivity contribution >= 4 is 46.2 Å². The Kier molecular flexibility index (Phi) is 4.66. The lowest BCUT2D eigenvalue weighted by molar-refractivity contribution is -0.131. The Morgan fingerprint density at radius 3 is 2.95 bits per heavy atom. The van der Waals surface area contributed by atoms with Crippen LogP contribution >= 0.6 is 34.5 Å². The average Bonchev–Trinajstić information content (AvgIpc) is 3.18. The van der Waals surface area contributed by atoms with Crippen LogP contribution in [-0.2, 0) is 16.2 Å². The van der Waals surface area contributed by atoms with Crippen LogP contribution in [0.5, 0.6) is 0 Å². The maximum absolute atomic E-state index is 12.1. The lowest BCUT2D eigenvalue weighted by atomic mass is 10.0. The van der Waals surface area contributed by atoms with Crippen molar-refractivity contribution in [3.63, 3.8) is 0 Å². The molecule has 1 amide bonds. The highest BCUT2D eigenvalue weighted by Gasteiger charge is 2.28. The molecule has 0 spiro atoms. The van der Waals surface area contributed by atoms with E-state index in [9.17, 15) is 4.79 Å². The van der Waals surface area contributed by atoms with Crippen molar-refractivity contribution in [2.75, 3.05) is 0 Å². The van der Waals surface area contributed by atoms with Crippen LogP contribution in [0.3, 0.4) is 0 Å². The monoisotopic (exact) mass is 354 g/mol. The minimum absolute atomic E-state index is 0.174. The molecule has 1 aromatic heterocycles. The molecule has 1 aliphatic heterocycles. The van der Waals surface area contributed by atoms with Gasteiger partial charge in [-0.1, -0.05) is 40.5 Å². The van der Waals surface area contributed by atoms with E-state index in [1.807, 2.05) is 23.6 Å². The zero-order valence-corrected chi connectivity index (χ0v) is 13.7. The summed E-state index contributed by atoms with van der Waals surface area (Å²) in [5, 5.41) is 9.73. The lowest BCUT2D eigenvalue weighted by Crippen LogP contribution is -2.34. The predicted molar refractivity (Wildman–Crippen MR) is 88.7 cm³/mol. The first kappa shape index (κ1) is 15.3. The zero-order chi connectivity index (χ0) is 15.5. The number of oxime groups is 1. The van der Waals surface area contributed by atoms with Crippen LogP contribution in [-0.4, -0.2) is 17.7 Å². The normalized spacial score (nSPS) is 17.0. The summed E-state index contributed by atoms with van der Waals surface area (Å²) in [6.45, 7) is 0.498. The SMILES string of the molecule is O=C(NCc1cccs1)[C@@H]1CC(c2ccc(Cl)c(Cl)c2)=NO1. The highest BCUT2D eigenvalue weighted by molar-refractivity contribution is 7.09. The molecule has 22 heavy (non-hydrogen) atoms. The molecule has 1 aromatic carbocycles. The van der Waals surface area contributed by atoms with Crippen LogP contribution < -0.4 is 5.32 Å². The van der Waals surface area contributed by atoms with E-state index in [-0.39, 0.29) is 5.91 Å². The average molecular weight is 355 g/mol. The summed E-state index contributed by atoms with van der Waals surface area (Å²) >= 11 is 13.5. The van der Waals surface area contributed by atoms with Crippen LogP contribution in [0.15, 0.2) is 40.9 Å². The van der Waals surface area contributed by atoms with E-state index in [2.05, 4.69) is 10.5 Å². The summed E-state index contributed by atoms with van der Waals surface area (Å²) in [7, 11) is 0. The van der Waals surface area contributed by atoms with Crippen LogP contribution in [0.25, 0.3) is 0 Å². The third-order valence-electron chi connectivity index (χ3n) is 3.23. The maximum atomic E-state index is 12.1. The van der Waals surface area contributed by atoms with Crippen molar-refractivity contribution in [3.8, 4) is 0 Å². The number of hydrogen-bond donors (Lipinski definition) is 1. The van der Waals surface area contributed by atoms with Gasteiger partial charge in [-0.2, -0.15) is 0 Å². The van der Waals surface area contributed by atoms with Gasteiger partial charge in [0.05, 0.1) is 22.3 Å². The molecule has 1 atom stereocenters. The van der Waals surface area contributed by atoms with Gasteiger partial charge in [0.25, 0.3) is 5.91 Å². The van der Waals surface area contributed by atoms with Gasteiger partial charge in [0, 0.05) is 16.9 Å². The molecule has 0 saturated heterocycles. The van der Waals surface area contributed by atoms with Crippen molar-refractivity contribution in [1.29, 1.82) is 0 Å². The fourth-order valence-electron chi connectivity index (χ4n) is 2.07. The number of benzene rings is 1. The molecule has 2 heterocycles. The lowest BCUT2D eigenvalue weighted by Gasteiger charge is -2.08. The Labute approximate surface area is 141 Å². The van der Waals surface area contributed by atoms with Crippen LogP contribution in [0.2, 0.25) is 10.0 Å². The summed E-state index contributed by atoms with van der Waals surface area (Å²) in [5.74, 6) is -0.174. The number of hydrogen-bond acceptors (Lipinski definition) is 4. The number of rotatable bonds is 4. The van der Waals surface area contributed by atoms with Gasteiger partial charge < -0.3 is 10.2 Å². The van der Waals surface area contributed by atoms with E-state index >= 15 is 0 Å². The molecule has 1 aliphatic rings. The van der Waals surface area contributed by atoms with Gasteiger partial charge in [0.1, 0.15) is 0 Å². The number of halogens is 2. The van der Waals surface area contributed by atoms with Gasteiger partial charge in [-0.05, 0) is 23.6 Å². The molecule has 4 nitrogen and oxygen atoms in total. The molecule has 0 unspecified atom stereocenters. The largest absolute Gasteiger partial charge is 0.382 e. The van der Waals surface area contributed by atoms with Crippen molar-refractivity contribution in [2.24, 2.45) is 5.16 Å². The van der Waals surface area contributed by atoms with E-state index in [1.54, 1.807) is 23.5 Å². The highest BCUT2D eigenvalue weighted by Crippen LogP contribution is 2.25. The van der Waals surface area contributed by atoms with E-state index in [0.29, 0.717) is 28.7 Å². The van der Waals surface area contributed by atoms with E-state index < -0.39 is 6.10 Å². The number of carbonyl (C=O) groups excluding carboxylic acids is 1. The molecule has 0 radical (unpaired) electrons. The Morgan fingerprint density at radius 1 is 1.36 bits per heavy atom. The second-order valence-electron chi connectivity index (χ2n) is 4.76. The van der Waals surface area contributed by atoms with Gasteiger partial charge >= 0.3 is 0 Å². The number of nitrogens with one attached hydrogen (secondary N) is 1. The summed E-state index contributed by atoms with van der Waals surface area (Å²) in [5.41, 5.74) is 1.50. The molecule has 114 valence electrons. The van der Waals surface area contributed by atoms with Crippen molar-refractivity contribution < 1.29 is 9.63 Å². The van der Waals surface area contributed by atoms with Gasteiger partial charge in [0.2, 0.25) is 6.10 Å². The van der Waals surface area contributed by atoms with Crippen molar-refractivity contribution in [3.05, 3.63) is 56.2 Å². The standard InChI is InChI=1S/C15H12Cl2N2O2S/c16-11-4-3-9(6-12(11)17)13-7-14(21-19-13)15(20)18-8-10-2-1-5-22-10/h1-6,14H,7-8H2,(H,18,20)/t14-/m0/s1. The Hall–Kier alpha value is -1.56. The first-order chi connectivity index (χ1) is 10.6. The molecule has 0 aliphatic carbocycles. The number of carbonyl (C=O) groups is 1. The molecular weight excluding hydrogens is 343 g/mol. The molecule has 3 rings (SSSR count). The predicted octanol–water partition coefficient (Wildman–Crippen LogP) is 3.86. The molecule has 0 bridgehead atoms. The quantitative estimate of drug-likeness (QED) is 0.905. The minimum Gasteiger partial charge on any atom is -0.382 e. The van der Waals surface area contributed by atoms with Crippen molar-refractivity contribution in [1.82, 2.24) is 5.32 Å².